The highest BCUT2D eigenvalue weighted by Crippen LogP contribution is 2.41. The van der Waals surface area contributed by atoms with Gasteiger partial charge in [0.25, 0.3) is 0 Å². The molecule has 1 unspecified atom stereocenters. The number of carbonyl (C=O) groups is 1. The highest BCUT2D eigenvalue weighted by atomic mass is 19.4. The van der Waals surface area contributed by atoms with Crippen LogP contribution in [0.25, 0.3) is 0 Å². The first-order chi connectivity index (χ1) is 11.0. The Kier molecular flexibility index (Phi) is 5.01. The Labute approximate surface area is 139 Å². The van der Waals surface area contributed by atoms with Crippen LogP contribution >= 0.6 is 0 Å². The van der Waals surface area contributed by atoms with Crippen molar-refractivity contribution in [2.75, 3.05) is 13.2 Å². The molecule has 1 aliphatic heterocycles. The third-order valence-corrected chi connectivity index (χ3v) is 3.71. The van der Waals surface area contributed by atoms with Crippen LogP contribution in [-0.2, 0) is 11.3 Å². The lowest BCUT2D eigenvalue weighted by Gasteiger charge is -2.26. The van der Waals surface area contributed by atoms with E-state index in [9.17, 15) is 18.0 Å². The second-order valence-corrected chi connectivity index (χ2v) is 6.85. The minimum Gasteiger partial charge on any atom is -0.491 e. The van der Waals surface area contributed by atoms with Crippen LogP contribution in [0.4, 0.5) is 18.0 Å². The van der Waals surface area contributed by atoms with Gasteiger partial charge in [0.05, 0.1) is 19.0 Å². The zero-order valence-corrected chi connectivity index (χ0v) is 14.2. The molecule has 1 aromatic rings. The van der Waals surface area contributed by atoms with Crippen LogP contribution in [0.15, 0.2) is 18.2 Å². The van der Waals surface area contributed by atoms with Crippen LogP contribution in [0.1, 0.15) is 44.7 Å². The van der Waals surface area contributed by atoms with Crippen LogP contribution in [-0.4, -0.2) is 35.9 Å². The first kappa shape index (κ1) is 18.4. The maximum absolute atomic E-state index is 13.1. The number of hydrogen-bond acceptors (Lipinski definition) is 3. The van der Waals surface area contributed by atoms with Crippen molar-refractivity contribution >= 4 is 6.09 Å². The van der Waals surface area contributed by atoms with Gasteiger partial charge in [-0.3, -0.25) is 0 Å². The number of fused-ring (bicyclic) bond motifs is 1. The highest BCUT2D eigenvalue weighted by molar-refractivity contribution is 5.68. The number of amides is 1. The normalized spacial score (nSPS) is 16.7. The molecule has 7 heteroatoms. The molecule has 1 atom stereocenters. The molecule has 2 rings (SSSR count). The van der Waals surface area contributed by atoms with Gasteiger partial charge in [0.15, 0.2) is 0 Å². The number of alkyl halides is 3. The van der Waals surface area contributed by atoms with Gasteiger partial charge < -0.3 is 14.4 Å². The van der Waals surface area contributed by atoms with E-state index in [0.29, 0.717) is 5.56 Å². The smallest absolute Gasteiger partial charge is 0.410 e. The lowest BCUT2D eigenvalue weighted by atomic mass is 9.97. The van der Waals surface area contributed by atoms with E-state index in [2.05, 4.69) is 0 Å². The molecule has 0 aliphatic carbocycles. The van der Waals surface area contributed by atoms with E-state index in [1.54, 1.807) is 32.9 Å². The molecule has 134 valence electrons. The highest BCUT2D eigenvalue weighted by Gasteiger charge is 2.39. The molecule has 0 N–H and O–H groups in total. The van der Waals surface area contributed by atoms with Crippen molar-refractivity contribution in [2.24, 2.45) is 0 Å². The molecular formula is C17H22F3NO3. The average molecular weight is 345 g/mol. The second kappa shape index (κ2) is 6.53. The van der Waals surface area contributed by atoms with Gasteiger partial charge in [-0.15, -0.1) is 0 Å². The van der Waals surface area contributed by atoms with Crippen LogP contribution in [0.3, 0.4) is 0 Å². The molecule has 4 nitrogen and oxygen atoms in total. The number of hydrogen-bond donors (Lipinski definition) is 0. The van der Waals surface area contributed by atoms with E-state index in [4.69, 9.17) is 9.47 Å². The maximum Gasteiger partial charge on any atom is 0.410 e. The van der Waals surface area contributed by atoms with Gasteiger partial charge >= 0.3 is 12.3 Å². The first-order valence-corrected chi connectivity index (χ1v) is 7.78. The lowest BCUT2D eigenvalue weighted by molar-refractivity contribution is -0.146. The number of benzene rings is 1. The van der Waals surface area contributed by atoms with Crippen molar-refractivity contribution in [3.63, 3.8) is 0 Å². The van der Waals surface area contributed by atoms with E-state index >= 15 is 0 Å². The molecule has 0 fully saturated rings. The molecule has 1 aromatic carbocycles. The number of halogens is 3. The van der Waals surface area contributed by atoms with Crippen molar-refractivity contribution in [3.05, 3.63) is 29.3 Å². The molecule has 0 radical (unpaired) electrons. The Morgan fingerprint density at radius 3 is 2.54 bits per heavy atom. The Morgan fingerprint density at radius 2 is 1.96 bits per heavy atom. The van der Waals surface area contributed by atoms with E-state index in [1.165, 1.54) is 11.0 Å². The number of carbonyl (C=O) groups excluding carboxylic acids is 1. The summed E-state index contributed by atoms with van der Waals surface area (Å²) in [5.41, 5.74) is -0.00213. The summed E-state index contributed by atoms with van der Waals surface area (Å²) in [5.74, 6) is -1.42. The van der Waals surface area contributed by atoms with Gasteiger partial charge in [-0.05, 0) is 27.7 Å². The Bertz CT molecular complexity index is 608. The fourth-order valence-electron chi connectivity index (χ4n) is 2.45. The minimum absolute atomic E-state index is 0.0889. The Balaban J connectivity index is 2.28. The maximum atomic E-state index is 13.1. The zero-order chi connectivity index (χ0) is 18.1. The standard InChI is InChI=1S/C17H22F3NO3/c1-11(17(18,19)20)13-7-5-6-12-10-21(8-9-23-14(12)13)15(22)24-16(2,3)4/h5-7,11H,8-10H2,1-4H3. The van der Waals surface area contributed by atoms with Crippen molar-refractivity contribution in [2.45, 2.75) is 51.9 Å². The third-order valence-electron chi connectivity index (χ3n) is 3.71. The molecular weight excluding hydrogens is 323 g/mol. The van der Waals surface area contributed by atoms with E-state index < -0.39 is 23.8 Å². The molecule has 0 saturated carbocycles. The molecule has 0 saturated heterocycles. The molecule has 24 heavy (non-hydrogen) atoms. The van der Waals surface area contributed by atoms with Crippen molar-refractivity contribution in [1.82, 2.24) is 4.90 Å². The SMILES string of the molecule is CC(c1cccc2c1OCCN(C(=O)OC(C)(C)C)C2)C(F)(F)F. The van der Waals surface area contributed by atoms with Gasteiger partial charge in [0.2, 0.25) is 0 Å². The quantitative estimate of drug-likeness (QED) is 0.753. The second-order valence-electron chi connectivity index (χ2n) is 6.85. The largest absolute Gasteiger partial charge is 0.491 e. The molecule has 1 heterocycles. The molecule has 1 aliphatic rings. The summed E-state index contributed by atoms with van der Waals surface area (Å²) in [6.45, 7) is 6.91. The van der Waals surface area contributed by atoms with E-state index in [1.807, 2.05) is 0 Å². The van der Waals surface area contributed by atoms with E-state index in [0.717, 1.165) is 6.92 Å². The summed E-state index contributed by atoms with van der Waals surface area (Å²) in [4.78, 5) is 13.7. The van der Waals surface area contributed by atoms with Crippen LogP contribution < -0.4 is 4.74 Å². The Hall–Kier alpha value is -1.92. The average Bonchev–Trinajstić information content (AvgIpc) is 2.65. The number of nitrogens with zero attached hydrogens (tertiary/aromatic N) is 1. The van der Waals surface area contributed by atoms with Crippen molar-refractivity contribution in [3.8, 4) is 5.75 Å². The number of rotatable bonds is 1. The van der Waals surface area contributed by atoms with Crippen LogP contribution in [0, 0.1) is 0 Å². The van der Waals surface area contributed by atoms with Crippen molar-refractivity contribution < 1.29 is 27.4 Å². The molecule has 0 aromatic heterocycles. The fraction of sp³-hybridized carbons (Fsp3) is 0.588. The molecule has 0 bridgehead atoms. The van der Waals surface area contributed by atoms with Crippen molar-refractivity contribution in [1.29, 1.82) is 0 Å². The summed E-state index contributed by atoms with van der Waals surface area (Å²) in [6, 6.07) is 4.64. The van der Waals surface area contributed by atoms with Gasteiger partial charge in [0, 0.05) is 11.1 Å². The summed E-state index contributed by atoms with van der Waals surface area (Å²) >= 11 is 0. The van der Waals surface area contributed by atoms with Crippen LogP contribution in [0.2, 0.25) is 0 Å². The first-order valence-electron chi connectivity index (χ1n) is 7.78. The summed E-state index contributed by atoms with van der Waals surface area (Å²) in [7, 11) is 0. The monoisotopic (exact) mass is 345 g/mol. The lowest BCUT2D eigenvalue weighted by Crippen LogP contribution is -2.37. The summed E-state index contributed by atoms with van der Waals surface area (Å²) < 4.78 is 50.1. The van der Waals surface area contributed by atoms with Gasteiger partial charge in [-0.1, -0.05) is 18.2 Å². The molecule has 0 spiro atoms. The number of para-hydroxylation sites is 1. The topological polar surface area (TPSA) is 38.8 Å². The third kappa shape index (κ3) is 4.33. The number of ether oxygens (including phenoxy) is 2. The van der Waals surface area contributed by atoms with Gasteiger partial charge in [-0.2, -0.15) is 13.2 Å². The minimum atomic E-state index is -4.35. The Morgan fingerprint density at radius 1 is 1.29 bits per heavy atom. The van der Waals surface area contributed by atoms with Gasteiger partial charge in [0.1, 0.15) is 18.0 Å². The summed E-state index contributed by atoms with van der Waals surface area (Å²) in [5, 5.41) is 0. The predicted octanol–water partition coefficient (Wildman–Crippen LogP) is 4.48. The predicted molar refractivity (Wildman–Crippen MR) is 83.1 cm³/mol. The van der Waals surface area contributed by atoms with Gasteiger partial charge in [-0.25, -0.2) is 4.79 Å². The fourth-order valence-corrected chi connectivity index (χ4v) is 2.45. The van der Waals surface area contributed by atoms with E-state index in [-0.39, 0.29) is 31.0 Å². The molecule has 1 amide bonds. The summed E-state index contributed by atoms with van der Waals surface area (Å²) in [6.07, 6.45) is -4.86. The zero-order valence-electron chi connectivity index (χ0n) is 14.2. The van der Waals surface area contributed by atoms with Crippen LogP contribution in [0.5, 0.6) is 5.75 Å².